The molecule has 0 aliphatic heterocycles. The zero-order chi connectivity index (χ0) is 12.9. The third-order valence-corrected chi connectivity index (χ3v) is 4.41. The molecule has 1 aromatic heterocycles. The number of H-pyrrole nitrogens is 1. The largest absolute Gasteiger partial charge is 1.00 e. The molecule has 0 fully saturated rings. The van der Waals surface area contributed by atoms with Crippen molar-refractivity contribution in [2.24, 2.45) is 0 Å². The van der Waals surface area contributed by atoms with Crippen molar-refractivity contribution in [3.05, 3.63) is 42.0 Å². The maximum Gasteiger partial charge on any atom is -1.00 e. The van der Waals surface area contributed by atoms with Gasteiger partial charge >= 0.3 is 123 Å². The number of aromatic amines is 1. The van der Waals surface area contributed by atoms with Crippen molar-refractivity contribution in [2.75, 3.05) is 0 Å². The number of nitrogens with one attached hydrogen (secondary N) is 1. The SMILES string of the molecule is CC(C)(C)c1cc2c[c]([Hf+3])[nH]c2c2ccccc12.[Cl-].[Cl-].[Cl-]. The maximum absolute atomic E-state index is 3.54. The molecule has 0 aliphatic rings. The Labute approximate surface area is 159 Å². The first-order valence-electron chi connectivity index (χ1n) is 6.23. The Kier molecular flexibility index (Phi) is 7.49. The molecule has 110 valence electrons. The van der Waals surface area contributed by atoms with E-state index in [1.54, 1.807) is 0 Å². The van der Waals surface area contributed by atoms with E-state index >= 15 is 0 Å². The fourth-order valence-corrected chi connectivity index (χ4v) is 3.60. The zero-order valence-electron chi connectivity index (χ0n) is 12.1. The van der Waals surface area contributed by atoms with Crippen LogP contribution in [0.5, 0.6) is 0 Å². The van der Waals surface area contributed by atoms with E-state index in [4.69, 9.17) is 0 Å². The van der Waals surface area contributed by atoms with Crippen LogP contribution in [0.1, 0.15) is 26.3 Å². The van der Waals surface area contributed by atoms with Gasteiger partial charge in [0, 0.05) is 0 Å². The van der Waals surface area contributed by atoms with E-state index in [-0.39, 0.29) is 42.6 Å². The molecule has 0 saturated heterocycles. The fraction of sp³-hybridized carbons (Fsp3) is 0.250. The molecule has 3 rings (SSSR count). The van der Waals surface area contributed by atoms with Gasteiger partial charge in [-0.15, -0.1) is 0 Å². The summed E-state index contributed by atoms with van der Waals surface area (Å²) in [4.78, 5) is 3.54. The van der Waals surface area contributed by atoms with Crippen molar-refractivity contribution in [1.29, 1.82) is 0 Å². The molecule has 1 heterocycles. The molecule has 21 heavy (non-hydrogen) atoms. The molecule has 0 unspecified atom stereocenters. The minimum atomic E-state index is 0. The maximum atomic E-state index is 3.54. The molecule has 1 nitrogen and oxygen atoms in total. The summed E-state index contributed by atoms with van der Waals surface area (Å²) in [6, 6.07) is 13.4. The average molecular weight is 507 g/mol. The Morgan fingerprint density at radius 2 is 1.48 bits per heavy atom. The molecule has 1 N–H and O–H groups in total. The summed E-state index contributed by atoms with van der Waals surface area (Å²) in [7, 11) is 0. The van der Waals surface area contributed by atoms with Gasteiger partial charge in [-0.3, -0.25) is 0 Å². The Hall–Kier alpha value is -0.0199. The van der Waals surface area contributed by atoms with Crippen molar-refractivity contribution >= 4 is 25.1 Å². The third-order valence-electron chi connectivity index (χ3n) is 3.44. The molecule has 0 radical (unpaired) electrons. The molecule has 3 aromatic rings. The van der Waals surface area contributed by atoms with Crippen LogP contribution in [0.2, 0.25) is 0 Å². The van der Waals surface area contributed by atoms with Crippen molar-refractivity contribution in [1.82, 2.24) is 4.98 Å². The number of fused-ring (bicyclic) bond motifs is 3. The van der Waals surface area contributed by atoms with Crippen molar-refractivity contribution in [2.45, 2.75) is 26.2 Å². The van der Waals surface area contributed by atoms with E-state index in [1.165, 1.54) is 30.7 Å². The summed E-state index contributed by atoms with van der Waals surface area (Å²) in [5.74, 6) is 0. The number of hydrogen-bond acceptors (Lipinski definition) is 0. The van der Waals surface area contributed by atoms with Crippen LogP contribution in [0.4, 0.5) is 0 Å². The molecule has 0 spiro atoms. The van der Waals surface area contributed by atoms with Gasteiger partial charge in [0.05, 0.1) is 0 Å². The molecular weight excluding hydrogens is 491 g/mol. The molecule has 0 aliphatic carbocycles. The zero-order valence-corrected chi connectivity index (χ0v) is 18.0. The topological polar surface area (TPSA) is 15.8 Å². The van der Waals surface area contributed by atoms with Gasteiger partial charge in [0.2, 0.25) is 0 Å². The molecule has 0 atom stereocenters. The third kappa shape index (κ3) is 3.85. The summed E-state index contributed by atoms with van der Waals surface area (Å²) < 4.78 is 1.36. The Morgan fingerprint density at radius 1 is 0.905 bits per heavy atom. The van der Waals surface area contributed by atoms with Crippen LogP contribution in [0.25, 0.3) is 21.7 Å². The first-order chi connectivity index (χ1) is 8.47. The van der Waals surface area contributed by atoms with E-state index in [0.717, 1.165) is 24.4 Å². The van der Waals surface area contributed by atoms with E-state index < -0.39 is 0 Å². The Balaban J connectivity index is 0.00000133. The first kappa shape index (κ1) is 21.0. The minimum absolute atomic E-state index is 0. The predicted octanol–water partition coefficient (Wildman–Crippen LogP) is -5.20. The molecule has 0 amide bonds. The second kappa shape index (κ2) is 7.50. The van der Waals surface area contributed by atoms with Crippen LogP contribution in [0.15, 0.2) is 36.4 Å². The number of benzene rings is 2. The molecular formula is C16H16Cl3HfN. The van der Waals surface area contributed by atoms with Gasteiger partial charge in [-0.1, -0.05) is 0 Å². The summed E-state index contributed by atoms with van der Waals surface area (Å²) in [5.41, 5.74) is 2.91. The van der Waals surface area contributed by atoms with Gasteiger partial charge in [-0.05, 0) is 0 Å². The monoisotopic (exact) mass is 507 g/mol. The quantitative estimate of drug-likeness (QED) is 0.293. The van der Waals surface area contributed by atoms with E-state index in [0.29, 0.717) is 0 Å². The standard InChI is InChI=1S/C16H16N.3ClH.Hf/c1-16(2,3)14-10-11-8-9-17-15(11)13-7-5-4-6-12(13)14;;;;/h4-8,10,17H,1-3H3;3*1H;/q;;;;+3/p-3. The average Bonchev–Trinajstić information content (AvgIpc) is 2.67. The number of rotatable bonds is 0. The van der Waals surface area contributed by atoms with Crippen molar-refractivity contribution in [3.63, 3.8) is 0 Å². The number of hydrogen-bond donors (Lipinski definition) is 1. The predicted molar refractivity (Wildman–Crippen MR) is 74.1 cm³/mol. The molecule has 5 heteroatoms. The van der Waals surface area contributed by atoms with Crippen LogP contribution >= 0.6 is 0 Å². The molecule has 2 aromatic carbocycles. The number of halogens is 3. The summed E-state index contributed by atoms with van der Waals surface area (Å²) in [6.07, 6.45) is 0. The summed E-state index contributed by atoms with van der Waals surface area (Å²) >= 11 is 1.07. The van der Waals surface area contributed by atoms with Crippen molar-refractivity contribution < 1.29 is 61.6 Å². The van der Waals surface area contributed by atoms with Crippen molar-refractivity contribution in [3.8, 4) is 0 Å². The minimum Gasteiger partial charge on any atom is -1.00 e. The van der Waals surface area contributed by atoms with Crippen LogP contribution in [0, 0.1) is 0 Å². The van der Waals surface area contributed by atoms with E-state index in [1.807, 2.05) is 0 Å². The fourth-order valence-electron chi connectivity index (χ4n) is 2.60. The van der Waals surface area contributed by atoms with Gasteiger partial charge in [0.25, 0.3) is 0 Å². The van der Waals surface area contributed by atoms with Crippen LogP contribution in [-0.4, -0.2) is 4.98 Å². The van der Waals surface area contributed by atoms with Gasteiger partial charge < -0.3 is 37.2 Å². The first-order valence-corrected chi connectivity index (χ1v) is 8.03. The Morgan fingerprint density at radius 3 is 2.05 bits per heavy atom. The van der Waals surface area contributed by atoms with Crippen LogP contribution < -0.4 is 40.7 Å². The van der Waals surface area contributed by atoms with E-state index in [9.17, 15) is 0 Å². The van der Waals surface area contributed by atoms with E-state index in [2.05, 4.69) is 62.2 Å². The van der Waals surface area contributed by atoms with Crippen LogP contribution in [0.3, 0.4) is 0 Å². The summed E-state index contributed by atoms with van der Waals surface area (Å²) in [6.45, 7) is 6.86. The number of aromatic nitrogens is 1. The second-order valence-corrected chi connectivity index (χ2v) is 7.80. The van der Waals surface area contributed by atoms with Crippen LogP contribution in [-0.2, 0) is 29.8 Å². The van der Waals surface area contributed by atoms with Gasteiger partial charge in [0.1, 0.15) is 0 Å². The van der Waals surface area contributed by atoms with Gasteiger partial charge in [0.15, 0.2) is 0 Å². The molecule has 0 saturated carbocycles. The smallest absolute Gasteiger partial charge is 1.00 e. The van der Waals surface area contributed by atoms with Gasteiger partial charge in [-0.2, -0.15) is 0 Å². The normalized spacial score (nSPS) is 10.7. The summed E-state index contributed by atoms with van der Waals surface area (Å²) in [5, 5.41) is 4.08. The molecule has 0 bridgehead atoms. The van der Waals surface area contributed by atoms with Gasteiger partial charge in [-0.25, -0.2) is 0 Å². The second-order valence-electron chi connectivity index (χ2n) is 5.87. The Bertz CT molecular complexity index is 744.